The molecule has 132 valence electrons. The van der Waals surface area contributed by atoms with E-state index in [0.29, 0.717) is 18.0 Å². The van der Waals surface area contributed by atoms with Crippen LogP contribution in [0.25, 0.3) is 5.57 Å². The second-order valence-electron chi connectivity index (χ2n) is 6.36. The van der Waals surface area contributed by atoms with E-state index < -0.39 is 9.84 Å². The third kappa shape index (κ3) is 4.08. The van der Waals surface area contributed by atoms with Gasteiger partial charge in [0.15, 0.2) is 9.84 Å². The maximum Gasteiger partial charge on any atom is 0.251 e. The van der Waals surface area contributed by atoms with Crippen molar-refractivity contribution < 1.29 is 13.5 Å². The van der Waals surface area contributed by atoms with Gasteiger partial charge in [-0.1, -0.05) is 24.3 Å². The fraction of sp³-hybridized carbons (Fsp3) is 0.316. The highest BCUT2D eigenvalue weighted by Gasteiger charge is 2.26. The summed E-state index contributed by atoms with van der Waals surface area (Å²) < 4.78 is 23.2. The summed E-state index contributed by atoms with van der Waals surface area (Å²) in [5.74, 6) is 0.372. The molecule has 0 amide bonds. The molecule has 1 aromatic carbocycles. The number of pyridine rings is 1. The smallest absolute Gasteiger partial charge is 0.251 e. The summed E-state index contributed by atoms with van der Waals surface area (Å²) in [6.07, 6.45) is 5.57. The number of nitrogens with one attached hydrogen (secondary N) is 1. The lowest BCUT2D eigenvalue weighted by atomic mass is 10.00. The number of benzene rings is 1. The molecular weight excluding hydrogens is 338 g/mol. The third-order valence-corrected chi connectivity index (χ3v) is 5.45. The monoisotopic (exact) mass is 359 g/mol. The van der Waals surface area contributed by atoms with E-state index in [1.807, 2.05) is 18.2 Å². The lowest BCUT2D eigenvalue weighted by molar-refractivity contribution is 0.303. The van der Waals surface area contributed by atoms with Crippen LogP contribution < -0.4 is 5.56 Å². The van der Waals surface area contributed by atoms with E-state index in [1.54, 1.807) is 24.3 Å². The number of aromatic nitrogens is 1. The second kappa shape index (κ2) is 6.98. The normalized spacial score (nSPS) is 15.4. The van der Waals surface area contributed by atoms with Gasteiger partial charge in [-0.05, 0) is 48.9 Å². The summed E-state index contributed by atoms with van der Waals surface area (Å²) in [5, 5.41) is 9.14. The largest absolute Gasteiger partial charge is 0.396 e. The zero-order valence-electron chi connectivity index (χ0n) is 14.0. The van der Waals surface area contributed by atoms with Crippen LogP contribution in [0.1, 0.15) is 42.0 Å². The van der Waals surface area contributed by atoms with Crippen LogP contribution in [0.5, 0.6) is 0 Å². The Morgan fingerprint density at radius 2 is 1.88 bits per heavy atom. The van der Waals surface area contributed by atoms with Gasteiger partial charge in [0.2, 0.25) is 0 Å². The number of aliphatic hydroxyl groups is 1. The van der Waals surface area contributed by atoms with Crippen LogP contribution in [-0.2, 0) is 9.84 Å². The van der Waals surface area contributed by atoms with Crippen molar-refractivity contribution in [2.24, 2.45) is 0 Å². The molecule has 1 aliphatic carbocycles. The molecule has 0 bridgehead atoms. The minimum absolute atomic E-state index is 0.00465. The number of H-pyrrole nitrogens is 1. The Balaban J connectivity index is 2.00. The van der Waals surface area contributed by atoms with E-state index in [0.717, 1.165) is 29.5 Å². The molecule has 0 spiro atoms. The van der Waals surface area contributed by atoms with Gasteiger partial charge in [-0.15, -0.1) is 0 Å². The molecule has 1 heterocycles. The molecule has 1 aliphatic rings. The second-order valence-corrected chi connectivity index (χ2v) is 8.37. The number of sulfone groups is 1. The summed E-state index contributed by atoms with van der Waals surface area (Å²) in [6.45, 7) is -0.00465. The van der Waals surface area contributed by atoms with Gasteiger partial charge in [-0.25, -0.2) is 8.42 Å². The Labute approximate surface area is 147 Å². The number of rotatable bonds is 6. The molecular formula is C19H21NO4S. The van der Waals surface area contributed by atoms with Crippen molar-refractivity contribution >= 4 is 15.4 Å². The first kappa shape index (κ1) is 17.6. The van der Waals surface area contributed by atoms with Gasteiger partial charge in [0.25, 0.3) is 5.56 Å². The molecule has 0 saturated heterocycles. The van der Waals surface area contributed by atoms with Gasteiger partial charge in [-0.2, -0.15) is 0 Å². The lowest BCUT2D eigenvalue weighted by Gasteiger charge is -2.10. The molecule has 0 radical (unpaired) electrons. The Morgan fingerprint density at radius 1 is 1.20 bits per heavy atom. The maximum absolute atomic E-state index is 12.3. The van der Waals surface area contributed by atoms with Crippen molar-refractivity contribution in [3.8, 4) is 0 Å². The number of aromatic amines is 1. The average Bonchev–Trinajstić information content (AvgIpc) is 3.40. The van der Waals surface area contributed by atoms with Crippen LogP contribution in [0, 0.1) is 0 Å². The van der Waals surface area contributed by atoms with Crippen molar-refractivity contribution in [2.75, 3.05) is 12.9 Å². The van der Waals surface area contributed by atoms with Gasteiger partial charge in [-0.3, -0.25) is 4.79 Å². The standard InChI is InChI=1S/C19H21NO4S/c1-25(23,24)15-8-6-13(7-9-15)16(3-2-12-21)18-11-10-17(14-4-5-14)19(22)20-18/h3,6-11,14,21H,2,4-5,12H2,1H3,(H,20,22). The molecule has 3 rings (SSSR count). The predicted molar refractivity (Wildman–Crippen MR) is 97.4 cm³/mol. The minimum atomic E-state index is -3.26. The van der Waals surface area contributed by atoms with Gasteiger partial charge < -0.3 is 10.1 Å². The minimum Gasteiger partial charge on any atom is -0.396 e. The highest BCUT2D eigenvalue weighted by molar-refractivity contribution is 7.90. The Hall–Kier alpha value is -2.18. The molecule has 25 heavy (non-hydrogen) atoms. The quantitative estimate of drug-likeness (QED) is 0.829. The third-order valence-electron chi connectivity index (χ3n) is 4.32. The average molecular weight is 359 g/mol. The van der Waals surface area contributed by atoms with Gasteiger partial charge in [0.1, 0.15) is 0 Å². The van der Waals surface area contributed by atoms with Crippen molar-refractivity contribution in [1.29, 1.82) is 0 Å². The summed E-state index contributed by atoms with van der Waals surface area (Å²) in [4.78, 5) is 15.5. The molecule has 6 heteroatoms. The van der Waals surface area contributed by atoms with Crippen molar-refractivity contribution in [3.63, 3.8) is 0 Å². The van der Waals surface area contributed by atoms with Crippen LogP contribution in [0.4, 0.5) is 0 Å². The molecule has 1 fully saturated rings. The van der Waals surface area contributed by atoms with E-state index in [1.165, 1.54) is 6.26 Å². The molecule has 2 aromatic rings. The molecule has 2 N–H and O–H groups in total. The van der Waals surface area contributed by atoms with Crippen molar-refractivity contribution in [1.82, 2.24) is 4.98 Å². The molecule has 1 saturated carbocycles. The molecule has 0 unspecified atom stereocenters. The SMILES string of the molecule is CS(=O)(=O)c1ccc(C(=CCCO)c2ccc(C3CC3)c(=O)[nH]2)cc1. The van der Waals surface area contributed by atoms with Crippen molar-refractivity contribution in [2.45, 2.75) is 30.1 Å². The number of aliphatic hydroxyl groups excluding tert-OH is 1. The van der Waals surface area contributed by atoms with Gasteiger partial charge in [0, 0.05) is 29.7 Å². The van der Waals surface area contributed by atoms with E-state index in [-0.39, 0.29) is 17.1 Å². The topological polar surface area (TPSA) is 87.2 Å². The zero-order chi connectivity index (χ0) is 18.0. The van der Waals surface area contributed by atoms with Crippen LogP contribution in [0.15, 0.2) is 52.2 Å². The van der Waals surface area contributed by atoms with E-state index >= 15 is 0 Å². The molecule has 5 nitrogen and oxygen atoms in total. The molecule has 0 aliphatic heterocycles. The highest BCUT2D eigenvalue weighted by atomic mass is 32.2. The van der Waals surface area contributed by atoms with Crippen LogP contribution >= 0.6 is 0 Å². The summed E-state index contributed by atoms with van der Waals surface area (Å²) in [5.41, 5.74) is 2.96. The summed E-state index contributed by atoms with van der Waals surface area (Å²) in [7, 11) is -3.26. The fourth-order valence-electron chi connectivity index (χ4n) is 2.83. The number of hydrogen-bond donors (Lipinski definition) is 2. The Kier molecular flexibility index (Phi) is 4.92. The first-order valence-corrected chi connectivity index (χ1v) is 10.1. The van der Waals surface area contributed by atoms with E-state index in [9.17, 15) is 13.2 Å². The molecule has 1 aromatic heterocycles. The summed E-state index contributed by atoms with van der Waals surface area (Å²) in [6, 6.07) is 10.3. The van der Waals surface area contributed by atoms with Gasteiger partial charge in [0.05, 0.1) is 4.90 Å². The first-order chi connectivity index (χ1) is 11.9. The zero-order valence-corrected chi connectivity index (χ0v) is 14.8. The van der Waals surface area contributed by atoms with Crippen LogP contribution in [-0.4, -0.2) is 31.4 Å². The lowest BCUT2D eigenvalue weighted by Crippen LogP contribution is -2.13. The van der Waals surface area contributed by atoms with E-state index in [4.69, 9.17) is 5.11 Å². The van der Waals surface area contributed by atoms with Crippen molar-refractivity contribution in [3.05, 3.63) is 69.6 Å². The predicted octanol–water partition coefficient (Wildman–Crippen LogP) is 2.47. The van der Waals surface area contributed by atoms with E-state index in [2.05, 4.69) is 4.98 Å². The number of hydrogen-bond acceptors (Lipinski definition) is 4. The Morgan fingerprint density at radius 3 is 2.40 bits per heavy atom. The Bertz CT molecular complexity index is 952. The highest BCUT2D eigenvalue weighted by Crippen LogP contribution is 2.38. The first-order valence-electron chi connectivity index (χ1n) is 8.25. The maximum atomic E-state index is 12.3. The van der Waals surface area contributed by atoms with Gasteiger partial charge >= 0.3 is 0 Å². The van der Waals surface area contributed by atoms with Crippen LogP contribution in [0.2, 0.25) is 0 Å². The van der Waals surface area contributed by atoms with Crippen LogP contribution in [0.3, 0.4) is 0 Å². The molecule has 0 atom stereocenters. The summed E-state index contributed by atoms with van der Waals surface area (Å²) >= 11 is 0. The fourth-order valence-corrected chi connectivity index (χ4v) is 3.46.